The van der Waals surface area contributed by atoms with Gasteiger partial charge in [0.25, 0.3) is 11.6 Å². The Balaban J connectivity index is 1.77. The van der Waals surface area contributed by atoms with Gasteiger partial charge in [0.1, 0.15) is 5.82 Å². The predicted octanol–water partition coefficient (Wildman–Crippen LogP) is 4.04. The Morgan fingerprint density at radius 3 is 2.60 bits per heavy atom. The molecular formula is C16H16F3N5S. The predicted molar refractivity (Wildman–Crippen MR) is 90.8 cm³/mol. The highest BCUT2D eigenvalue weighted by Crippen LogP contribution is 2.27. The van der Waals surface area contributed by atoms with Gasteiger partial charge >= 0.3 is 6.18 Å². The van der Waals surface area contributed by atoms with Crippen LogP contribution in [0.25, 0.3) is 5.78 Å². The van der Waals surface area contributed by atoms with Gasteiger partial charge in [-0.05, 0) is 19.1 Å². The van der Waals surface area contributed by atoms with Gasteiger partial charge in [-0.1, -0.05) is 25.1 Å². The first kappa shape index (κ1) is 17.5. The van der Waals surface area contributed by atoms with E-state index in [-0.39, 0.29) is 11.0 Å². The SMILES string of the molecule is Cc1cc(NCC(C)Sc2ccccc2)n2nc(C(F)(F)F)nc2n1. The maximum Gasteiger partial charge on any atom is 0.453 e. The van der Waals surface area contributed by atoms with Crippen LogP contribution in [0, 0.1) is 6.92 Å². The first-order chi connectivity index (χ1) is 11.8. The lowest BCUT2D eigenvalue weighted by Gasteiger charge is -2.14. The summed E-state index contributed by atoms with van der Waals surface area (Å²) in [6.07, 6.45) is -4.60. The zero-order valence-corrected chi connectivity index (χ0v) is 14.4. The van der Waals surface area contributed by atoms with Crippen molar-refractivity contribution in [3.8, 4) is 0 Å². The van der Waals surface area contributed by atoms with Crippen LogP contribution in [0.1, 0.15) is 18.4 Å². The summed E-state index contributed by atoms with van der Waals surface area (Å²) in [6.45, 7) is 4.30. The second kappa shape index (κ2) is 6.91. The molecule has 0 bridgehead atoms. The van der Waals surface area contributed by atoms with E-state index in [4.69, 9.17) is 0 Å². The molecule has 0 aliphatic carbocycles. The number of rotatable bonds is 5. The quantitative estimate of drug-likeness (QED) is 0.690. The third kappa shape index (κ3) is 4.22. The molecule has 0 aliphatic heterocycles. The third-order valence-electron chi connectivity index (χ3n) is 3.34. The Morgan fingerprint density at radius 2 is 1.92 bits per heavy atom. The molecule has 1 atom stereocenters. The molecule has 0 aliphatic rings. The number of hydrogen-bond acceptors (Lipinski definition) is 5. The van der Waals surface area contributed by atoms with Crippen molar-refractivity contribution in [1.29, 1.82) is 0 Å². The lowest BCUT2D eigenvalue weighted by Crippen LogP contribution is -2.16. The zero-order chi connectivity index (χ0) is 18.0. The van der Waals surface area contributed by atoms with Gasteiger partial charge in [0.15, 0.2) is 0 Å². The number of hydrogen-bond donors (Lipinski definition) is 1. The molecule has 1 aromatic carbocycles. The Bertz CT molecular complexity index is 863. The van der Waals surface area contributed by atoms with Gasteiger partial charge < -0.3 is 5.32 Å². The molecule has 2 heterocycles. The lowest BCUT2D eigenvalue weighted by atomic mass is 10.4. The van der Waals surface area contributed by atoms with Crippen LogP contribution in [0.3, 0.4) is 0 Å². The van der Waals surface area contributed by atoms with E-state index in [2.05, 4.69) is 20.4 Å². The van der Waals surface area contributed by atoms with Crippen molar-refractivity contribution >= 4 is 23.4 Å². The molecule has 0 fully saturated rings. The number of thioether (sulfide) groups is 1. The highest BCUT2D eigenvalue weighted by Gasteiger charge is 2.36. The first-order valence-corrected chi connectivity index (χ1v) is 8.48. The lowest BCUT2D eigenvalue weighted by molar-refractivity contribution is -0.144. The van der Waals surface area contributed by atoms with Crippen LogP contribution in [0.2, 0.25) is 0 Å². The van der Waals surface area contributed by atoms with E-state index in [9.17, 15) is 13.2 Å². The second-order valence-corrected chi connectivity index (χ2v) is 7.06. The standard InChI is InChI=1S/C16H16F3N5S/c1-10-8-13(20-9-11(2)25-12-6-4-3-5-7-12)24-15(21-10)22-14(23-24)16(17,18)19/h3-8,11,20H,9H2,1-2H3. The highest BCUT2D eigenvalue weighted by atomic mass is 32.2. The molecule has 0 amide bonds. The van der Waals surface area contributed by atoms with Gasteiger partial charge in [0, 0.05) is 28.5 Å². The Hall–Kier alpha value is -2.29. The van der Waals surface area contributed by atoms with E-state index >= 15 is 0 Å². The smallest absolute Gasteiger partial charge is 0.369 e. The summed E-state index contributed by atoms with van der Waals surface area (Å²) in [4.78, 5) is 8.61. The molecule has 1 unspecified atom stereocenters. The molecule has 25 heavy (non-hydrogen) atoms. The highest BCUT2D eigenvalue weighted by molar-refractivity contribution is 8.00. The largest absolute Gasteiger partial charge is 0.453 e. The van der Waals surface area contributed by atoms with Crippen molar-refractivity contribution in [3.63, 3.8) is 0 Å². The van der Waals surface area contributed by atoms with Crippen molar-refractivity contribution < 1.29 is 13.2 Å². The molecule has 0 radical (unpaired) electrons. The average Bonchev–Trinajstić information content (AvgIpc) is 2.97. The van der Waals surface area contributed by atoms with E-state index in [0.29, 0.717) is 18.1 Å². The summed E-state index contributed by atoms with van der Waals surface area (Å²) in [5, 5.41) is 6.89. The second-order valence-electron chi connectivity index (χ2n) is 5.55. The zero-order valence-electron chi connectivity index (χ0n) is 13.6. The van der Waals surface area contributed by atoms with E-state index in [1.165, 1.54) is 0 Å². The number of benzene rings is 1. The molecule has 5 nitrogen and oxygen atoms in total. The van der Waals surface area contributed by atoms with E-state index in [0.717, 1.165) is 9.41 Å². The van der Waals surface area contributed by atoms with Crippen LogP contribution in [0.15, 0.2) is 41.3 Å². The molecule has 9 heteroatoms. The molecule has 132 valence electrons. The van der Waals surface area contributed by atoms with Crippen LogP contribution in [-0.2, 0) is 6.18 Å². The molecule has 0 saturated heterocycles. The summed E-state index contributed by atoms with van der Waals surface area (Å²) in [5.41, 5.74) is 0.569. The summed E-state index contributed by atoms with van der Waals surface area (Å²) in [7, 11) is 0. The normalized spacial score (nSPS) is 13.2. The minimum Gasteiger partial charge on any atom is -0.369 e. The minimum absolute atomic E-state index is 0.0711. The van der Waals surface area contributed by atoms with Crippen LogP contribution in [-0.4, -0.2) is 31.4 Å². The molecule has 0 spiro atoms. The Labute approximate surface area is 146 Å². The fourth-order valence-electron chi connectivity index (χ4n) is 2.25. The summed E-state index contributed by atoms with van der Waals surface area (Å²) in [5.74, 6) is -0.829. The van der Waals surface area contributed by atoms with Crippen molar-refractivity contribution in [3.05, 3.63) is 47.9 Å². The van der Waals surface area contributed by atoms with Crippen LogP contribution in [0.4, 0.5) is 19.0 Å². The number of aromatic nitrogens is 4. The number of nitrogens with zero attached hydrogens (tertiary/aromatic N) is 4. The van der Waals surface area contributed by atoms with Crippen molar-refractivity contribution in [2.75, 3.05) is 11.9 Å². The maximum atomic E-state index is 12.8. The van der Waals surface area contributed by atoms with Gasteiger partial charge in [-0.3, -0.25) is 0 Å². The molecule has 1 N–H and O–H groups in total. The third-order valence-corrected chi connectivity index (χ3v) is 4.46. The maximum absolute atomic E-state index is 12.8. The Morgan fingerprint density at radius 1 is 1.20 bits per heavy atom. The van der Waals surface area contributed by atoms with Gasteiger partial charge in [-0.2, -0.15) is 22.7 Å². The Kier molecular flexibility index (Phi) is 4.85. The molecular weight excluding hydrogens is 351 g/mol. The van der Waals surface area contributed by atoms with Gasteiger partial charge in [0.2, 0.25) is 0 Å². The number of anilines is 1. The van der Waals surface area contributed by atoms with Crippen LogP contribution < -0.4 is 5.32 Å². The van der Waals surface area contributed by atoms with Crippen molar-refractivity contribution in [2.24, 2.45) is 0 Å². The topological polar surface area (TPSA) is 55.1 Å². The average molecular weight is 367 g/mol. The summed E-state index contributed by atoms with van der Waals surface area (Å²) < 4.78 is 39.6. The molecule has 0 saturated carbocycles. The van der Waals surface area contributed by atoms with Gasteiger partial charge in [0.05, 0.1) is 0 Å². The van der Waals surface area contributed by atoms with Crippen molar-refractivity contribution in [2.45, 2.75) is 30.2 Å². The van der Waals surface area contributed by atoms with Crippen LogP contribution >= 0.6 is 11.8 Å². The van der Waals surface area contributed by atoms with E-state index < -0.39 is 12.0 Å². The number of nitrogens with one attached hydrogen (secondary N) is 1. The summed E-state index contributed by atoms with van der Waals surface area (Å²) >= 11 is 1.68. The minimum atomic E-state index is -4.60. The molecule has 3 rings (SSSR count). The fourth-order valence-corrected chi connectivity index (χ4v) is 3.20. The summed E-state index contributed by atoms with van der Waals surface area (Å²) in [6, 6.07) is 11.6. The number of fused-ring (bicyclic) bond motifs is 1. The fraction of sp³-hybridized carbons (Fsp3) is 0.312. The first-order valence-electron chi connectivity index (χ1n) is 7.60. The van der Waals surface area contributed by atoms with E-state index in [1.807, 2.05) is 37.3 Å². The monoisotopic (exact) mass is 367 g/mol. The van der Waals surface area contributed by atoms with Gasteiger partial charge in [-0.25, -0.2) is 4.98 Å². The van der Waals surface area contributed by atoms with Crippen molar-refractivity contribution in [1.82, 2.24) is 19.6 Å². The van der Waals surface area contributed by atoms with E-state index in [1.54, 1.807) is 24.8 Å². The molecule has 2 aromatic heterocycles. The number of halogens is 3. The van der Waals surface area contributed by atoms with Gasteiger partial charge in [-0.15, -0.1) is 16.9 Å². The number of alkyl halides is 3. The van der Waals surface area contributed by atoms with Crippen LogP contribution in [0.5, 0.6) is 0 Å². The number of aryl methyl sites for hydroxylation is 1. The molecule has 3 aromatic rings.